The molecule has 4 rings (SSSR count). The number of ketones is 1. The van der Waals surface area contributed by atoms with Crippen LogP contribution in [-0.2, 0) is 4.79 Å². The minimum atomic E-state index is -0.111. The van der Waals surface area contributed by atoms with E-state index < -0.39 is 0 Å². The Balaban J connectivity index is 1.60. The first-order valence-electron chi connectivity index (χ1n) is 16.0. The van der Waals surface area contributed by atoms with E-state index in [-0.39, 0.29) is 11.5 Å². The van der Waals surface area contributed by atoms with Crippen molar-refractivity contribution in [3.05, 3.63) is 100 Å². The fourth-order valence-electron chi connectivity index (χ4n) is 6.03. The van der Waals surface area contributed by atoms with E-state index in [1.165, 1.54) is 42.5 Å². The van der Waals surface area contributed by atoms with E-state index in [0.717, 1.165) is 48.2 Å². The van der Waals surface area contributed by atoms with E-state index in [1.807, 2.05) is 36.4 Å². The number of carbonyl (C=O) groups excluding carboxylic acids is 1. The number of aliphatic hydroxyl groups excluding tert-OH is 1. The molecule has 2 atom stereocenters. The molecule has 42 heavy (non-hydrogen) atoms. The van der Waals surface area contributed by atoms with Crippen LogP contribution in [0.3, 0.4) is 0 Å². The second-order valence-corrected chi connectivity index (χ2v) is 11.7. The van der Waals surface area contributed by atoms with Crippen LogP contribution in [0.5, 0.6) is 0 Å². The lowest BCUT2D eigenvalue weighted by Gasteiger charge is -2.35. The summed E-state index contributed by atoms with van der Waals surface area (Å²) >= 11 is 0. The molecule has 0 heterocycles. The summed E-state index contributed by atoms with van der Waals surface area (Å²) in [5.74, 6) is -0.0348. The van der Waals surface area contributed by atoms with Crippen molar-refractivity contribution in [2.75, 3.05) is 4.90 Å². The van der Waals surface area contributed by atoms with E-state index in [1.54, 1.807) is 0 Å². The molecule has 0 spiro atoms. The Bertz CT molecular complexity index is 1400. The molecule has 0 amide bonds. The highest BCUT2D eigenvalue weighted by molar-refractivity contribution is 6.39. The van der Waals surface area contributed by atoms with E-state index in [4.69, 9.17) is 4.99 Å². The Morgan fingerprint density at radius 2 is 1.48 bits per heavy atom. The molecule has 0 aliphatic heterocycles. The van der Waals surface area contributed by atoms with Gasteiger partial charge in [0.1, 0.15) is 5.76 Å². The van der Waals surface area contributed by atoms with Gasteiger partial charge in [-0.15, -0.1) is 0 Å². The third kappa shape index (κ3) is 6.86. The van der Waals surface area contributed by atoms with Gasteiger partial charge in [-0.3, -0.25) is 9.79 Å². The number of aliphatic hydroxyl groups is 1. The number of aliphatic imine (C=N–C) groups is 1. The van der Waals surface area contributed by atoms with Crippen LogP contribution in [0.4, 0.5) is 11.4 Å². The van der Waals surface area contributed by atoms with Crippen LogP contribution in [0.1, 0.15) is 95.8 Å². The number of nitrogens with zero attached hydrogens (tertiary/aromatic N) is 2. The number of carbonyl (C=O) groups is 1. The maximum Gasteiger partial charge on any atom is 0.201 e. The van der Waals surface area contributed by atoms with E-state index in [9.17, 15) is 9.90 Å². The van der Waals surface area contributed by atoms with Gasteiger partial charge in [0.2, 0.25) is 5.78 Å². The van der Waals surface area contributed by atoms with E-state index in [2.05, 4.69) is 76.8 Å². The molecule has 2 aromatic rings. The van der Waals surface area contributed by atoms with Crippen molar-refractivity contribution in [1.29, 1.82) is 0 Å². The smallest absolute Gasteiger partial charge is 0.201 e. The zero-order valence-electron chi connectivity index (χ0n) is 26.4. The van der Waals surface area contributed by atoms with Gasteiger partial charge >= 0.3 is 0 Å². The lowest BCUT2D eigenvalue weighted by atomic mass is 9.80. The highest BCUT2D eigenvalue weighted by Gasteiger charge is 2.36. The van der Waals surface area contributed by atoms with Gasteiger partial charge in [0.15, 0.2) is 0 Å². The molecule has 0 radical (unpaired) electrons. The van der Waals surface area contributed by atoms with Crippen molar-refractivity contribution < 1.29 is 9.90 Å². The Labute approximate surface area is 253 Å². The average Bonchev–Trinajstić information content (AvgIpc) is 2.99. The first kappa shape index (κ1) is 31.3. The highest BCUT2D eigenvalue weighted by Crippen LogP contribution is 2.40. The Hall–Kier alpha value is -3.66. The third-order valence-corrected chi connectivity index (χ3v) is 8.55. The van der Waals surface area contributed by atoms with Crippen LogP contribution in [-0.4, -0.2) is 28.7 Å². The highest BCUT2D eigenvalue weighted by atomic mass is 16.3. The first-order valence-corrected chi connectivity index (χ1v) is 16.0. The summed E-state index contributed by atoms with van der Waals surface area (Å²) in [4.78, 5) is 20.6. The minimum Gasteiger partial charge on any atom is -0.506 e. The summed E-state index contributed by atoms with van der Waals surface area (Å²) in [6, 6.07) is 15.5. The van der Waals surface area contributed by atoms with Gasteiger partial charge in [-0.1, -0.05) is 95.4 Å². The van der Waals surface area contributed by atoms with Crippen molar-refractivity contribution >= 4 is 28.4 Å². The number of hydrogen-bond donors (Lipinski definition) is 1. The van der Waals surface area contributed by atoms with E-state index in [0.29, 0.717) is 23.2 Å². The standard InChI is InChI=1S/C38H48N2O2/c1-7-11-13-30(9-3)39-31-20-16-28(17-21-31)35-37(41)36(38(35)42)29-18-22-33(23-19-29)40(32(10-4)14-12-8-2)34-24-15-26(5)25-27(34)6/h15-25,30,32,41H,7-14H2,1-6H3. The van der Waals surface area contributed by atoms with Crippen molar-refractivity contribution in [2.45, 2.75) is 105 Å². The Morgan fingerprint density at radius 1 is 0.810 bits per heavy atom. The van der Waals surface area contributed by atoms with Crippen LogP contribution in [0.15, 0.2) is 88.7 Å². The fourth-order valence-corrected chi connectivity index (χ4v) is 6.03. The molecular formula is C38H48N2O2. The van der Waals surface area contributed by atoms with Crippen LogP contribution in [0, 0.1) is 13.8 Å². The van der Waals surface area contributed by atoms with Crippen molar-refractivity contribution in [3.63, 3.8) is 0 Å². The van der Waals surface area contributed by atoms with Gasteiger partial charge in [-0.25, -0.2) is 0 Å². The fraction of sp³-hybridized carbons (Fsp3) is 0.421. The van der Waals surface area contributed by atoms with Crippen LogP contribution < -0.4 is 4.90 Å². The lowest BCUT2D eigenvalue weighted by Crippen LogP contribution is -2.31. The molecule has 0 saturated heterocycles. The SMILES string of the molecule is CCCCC(CC)N=C1C=CC(=C2C(=O)C(c3ccc(N(c4ccc(C)cc4C)C(CC)CCCC)cc3)=C2O)C=C1. The van der Waals surface area contributed by atoms with Crippen molar-refractivity contribution in [2.24, 2.45) is 4.99 Å². The Kier molecular flexibility index (Phi) is 10.8. The number of aryl methyl sites for hydroxylation is 2. The normalized spacial score (nSPS) is 16.1. The van der Waals surface area contributed by atoms with Crippen LogP contribution in [0.25, 0.3) is 5.57 Å². The maximum atomic E-state index is 13.3. The third-order valence-electron chi connectivity index (χ3n) is 8.55. The van der Waals surface area contributed by atoms with E-state index >= 15 is 0 Å². The van der Waals surface area contributed by atoms with Gasteiger partial charge in [0.25, 0.3) is 0 Å². The predicted molar refractivity (Wildman–Crippen MR) is 179 cm³/mol. The molecule has 0 fully saturated rings. The molecular weight excluding hydrogens is 516 g/mol. The molecule has 2 aliphatic carbocycles. The zero-order chi connectivity index (χ0) is 30.2. The number of benzene rings is 2. The van der Waals surface area contributed by atoms with Gasteiger partial charge in [0.05, 0.1) is 22.9 Å². The second kappa shape index (κ2) is 14.5. The number of rotatable bonds is 13. The molecule has 222 valence electrons. The summed E-state index contributed by atoms with van der Waals surface area (Å²) in [6.07, 6.45) is 16.7. The molecule has 0 aromatic heterocycles. The topological polar surface area (TPSA) is 52.9 Å². The largest absolute Gasteiger partial charge is 0.506 e. The summed E-state index contributed by atoms with van der Waals surface area (Å²) < 4.78 is 0. The quantitative estimate of drug-likeness (QED) is 0.246. The first-order chi connectivity index (χ1) is 20.3. The summed E-state index contributed by atoms with van der Waals surface area (Å²) in [6.45, 7) is 13.2. The summed E-state index contributed by atoms with van der Waals surface area (Å²) in [5, 5.41) is 11.0. The molecule has 0 saturated carbocycles. The van der Waals surface area contributed by atoms with Gasteiger partial charge in [0, 0.05) is 17.4 Å². The molecule has 2 aliphatic rings. The van der Waals surface area contributed by atoms with Crippen molar-refractivity contribution in [3.8, 4) is 0 Å². The van der Waals surface area contributed by atoms with Crippen molar-refractivity contribution in [1.82, 2.24) is 0 Å². The molecule has 4 heteroatoms. The lowest BCUT2D eigenvalue weighted by molar-refractivity contribution is -0.111. The maximum absolute atomic E-state index is 13.3. The second-order valence-electron chi connectivity index (χ2n) is 11.7. The van der Waals surface area contributed by atoms with Crippen LogP contribution >= 0.6 is 0 Å². The van der Waals surface area contributed by atoms with Gasteiger partial charge in [-0.05, 0) is 86.6 Å². The number of unbranched alkanes of at least 4 members (excludes halogenated alkanes) is 2. The minimum absolute atomic E-state index is 0.0763. The number of hydrogen-bond acceptors (Lipinski definition) is 4. The monoisotopic (exact) mass is 564 g/mol. The van der Waals surface area contributed by atoms with Crippen LogP contribution in [0.2, 0.25) is 0 Å². The summed E-state index contributed by atoms with van der Waals surface area (Å²) in [7, 11) is 0. The molecule has 4 nitrogen and oxygen atoms in total. The Morgan fingerprint density at radius 3 is 2.05 bits per heavy atom. The number of anilines is 2. The molecule has 2 unspecified atom stereocenters. The molecule has 2 aromatic carbocycles. The number of Topliss-reactive ketones (excluding diaryl/α,β-unsaturated/α-hetero) is 1. The summed E-state index contributed by atoms with van der Waals surface area (Å²) in [5.41, 5.74) is 8.04. The molecule has 0 bridgehead atoms. The average molecular weight is 565 g/mol. The predicted octanol–water partition coefficient (Wildman–Crippen LogP) is 10.1. The zero-order valence-corrected chi connectivity index (χ0v) is 26.4. The molecule has 1 N–H and O–H groups in total. The van der Waals surface area contributed by atoms with Gasteiger partial charge < -0.3 is 10.0 Å². The van der Waals surface area contributed by atoms with Gasteiger partial charge in [-0.2, -0.15) is 0 Å². The number of allylic oxidation sites excluding steroid dienone is 7.